The number of aryl methyl sites for hydroxylation is 2. The highest BCUT2D eigenvalue weighted by Gasteiger charge is 2.06. The molecule has 0 aliphatic rings. The highest BCUT2D eigenvalue weighted by atomic mass is 14.1. The summed E-state index contributed by atoms with van der Waals surface area (Å²) in [5.41, 5.74) is 7.41. The van der Waals surface area contributed by atoms with Gasteiger partial charge in [0.1, 0.15) is 0 Å². The average molecular weight is 176 g/mol. The molecule has 0 heterocycles. The van der Waals surface area contributed by atoms with Crippen LogP contribution in [0.2, 0.25) is 0 Å². The summed E-state index contributed by atoms with van der Waals surface area (Å²) < 4.78 is 0. The molecule has 72 valence electrons. The number of benzene rings is 1. The van der Waals surface area contributed by atoms with E-state index >= 15 is 0 Å². The van der Waals surface area contributed by atoms with Crippen molar-refractivity contribution >= 4 is 0 Å². The van der Waals surface area contributed by atoms with Crippen molar-refractivity contribution in [3.05, 3.63) is 33.9 Å². The molecule has 0 radical (unpaired) electrons. The fourth-order valence-corrected chi connectivity index (χ4v) is 1.97. The van der Waals surface area contributed by atoms with Crippen molar-refractivity contribution in [3.63, 3.8) is 0 Å². The first-order chi connectivity index (χ1) is 6.07. The van der Waals surface area contributed by atoms with E-state index in [1.165, 1.54) is 35.1 Å². The summed E-state index contributed by atoms with van der Waals surface area (Å²) in [4.78, 5) is 0. The molecule has 0 heteroatoms. The molecule has 0 N–H and O–H groups in total. The van der Waals surface area contributed by atoms with Crippen molar-refractivity contribution in [2.75, 3.05) is 0 Å². The molecule has 0 bridgehead atoms. The van der Waals surface area contributed by atoms with Crippen LogP contribution in [0.5, 0.6) is 0 Å². The molecule has 13 heavy (non-hydrogen) atoms. The molecule has 0 spiro atoms. The van der Waals surface area contributed by atoms with Crippen LogP contribution in [0.15, 0.2) is 6.07 Å². The van der Waals surface area contributed by atoms with E-state index in [9.17, 15) is 0 Å². The van der Waals surface area contributed by atoms with Gasteiger partial charge in [-0.25, -0.2) is 0 Å². The number of hydrogen-bond acceptors (Lipinski definition) is 0. The van der Waals surface area contributed by atoms with E-state index in [1.54, 1.807) is 5.56 Å². The minimum atomic E-state index is 1.22. The first-order valence-corrected chi connectivity index (χ1v) is 5.14. The monoisotopic (exact) mass is 176 g/mol. The zero-order valence-corrected chi connectivity index (χ0v) is 9.49. The molecule has 0 saturated carbocycles. The van der Waals surface area contributed by atoms with Crippen LogP contribution in [0.1, 0.15) is 41.2 Å². The van der Waals surface area contributed by atoms with Crippen molar-refractivity contribution in [1.29, 1.82) is 0 Å². The van der Waals surface area contributed by atoms with Crippen LogP contribution in [0.3, 0.4) is 0 Å². The third-order valence-electron chi connectivity index (χ3n) is 3.02. The lowest BCUT2D eigenvalue weighted by atomic mass is 9.92. The largest absolute Gasteiger partial charge is 0.0651 e. The van der Waals surface area contributed by atoms with Crippen molar-refractivity contribution in [2.24, 2.45) is 0 Å². The molecule has 0 aliphatic heterocycles. The lowest BCUT2D eigenvalue weighted by molar-refractivity contribution is 0.898. The van der Waals surface area contributed by atoms with E-state index in [0.717, 1.165) is 0 Å². The molecule has 0 unspecified atom stereocenters. The quantitative estimate of drug-likeness (QED) is 0.641. The molecule has 0 fully saturated rings. The average Bonchev–Trinajstić information content (AvgIpc) is 2.09. The van der Waals surface area contributed by atoms with Crippen molar-refractivity contribution in [2.45, 2.75) is 47.5 Å². The Morgan fingerprint density at radius 3 is 2.08 bits per heavy atom. The van der Waals surface area contributed by atoms with E-state index in [4.69, 9.17) is 0 Å². The third kappa shape index (κ3) is 1.93. The first kappa shape index (κ1) is 10.3. The second-order valence-electron chi connectivity index (χ2n) is 3.99. The van der Waals surface area contributed by atoms with E-state index in [2.05, 4.69) is 40.7 Å². The van der Waals surface area contributed by atoms with Gasteiger partial charge in [-0.3, -0.25) is 0 Å². The Morgan fingerprint density at radius 1 is 0.923 bits per heavy atom. The van der Waals surface area contributed by atoms with Crippen molar-refractivity contribution in [1.82, 2.24) is 0 Å². The van der Waals surface area contributed by atoms with Crippen LogP contribution in [0, 0.1) is 27.7 Å². The standard InChI is InChI=1S/C13H20/c1-6-7-13-10(3)8-9(2)11(4)12(13)5/h8H,6-7H2,1-5H3. The van der Waals surface area contributed by atoms with Crippen molar-refractivity contribution < 1.29 is 0 Å². The van der Waals surface area contributed by atoms with Gasteiger partial charge in [0, 0.05) is 0 Å². The van der Waals surface area contributed by atoms with Crippen LogP contribution in [-0.2, 0) is 6.42 Å². The fraction of sp³-hybridized carbons (Fsp3) is 0.538. The third-order valence-corrected chi connectivity index (χ3v) is 3.02. The Bertz CT molecular complexity index is 308. The molecule has 0 amide bonds. The van der Waals surface area contributed by atoms with Gasteiger partial charge in [0.05, 0.1) is 0 Å². The molecule has 0 aliphatic carbocycles. The van der Waals surface area contributed by atoms with Gasteiger partial charge >= 0.3 is 0 Å². The fourth-order valence-electron chi connectivity index (χ4n) is 1.97. The van der Waals surface area contributed by atoms with Gasteiger partial charge in [0.25, 0.3) is 0 Å². The van der Waals surface area contributed by atoms with Crippen LogP contribution >= 0.6 is 0 Å². The molecular weight excluding hydrogens is 156 g/mol. The van der Waals surface area contributed by atoms with Gasteiger partial charge in [-0.05, 0) is 61.9 Å². The van der Waals surface area contributed by atoms with E-state index in [0.29, 0.717) is 0 Å². The van der Waals surface area contributed by atoms with Gasteiger partial charge in [-0.15, -0.1) is 0 Å². The van der Waals surface area contributed by atoms with E-state index in [1.807, 2.05) is 0 Å². The summed E-state index contributed by atoms with van der Waals surface area (Å²) in [5.74, 6) is 0. The highest BCUT2D eigenvalue weighted by Crippen LogP contribution is 2.22. The van der Waals surface area contributed by atoms with Gasteiger partial charge in [0.2, 0.25) is 0 Å². The predicted molar refractivity (Wildman–Crippen MR) is 59.4 cm³/mol. The van der Waals surface area contributed by atoms with Crippen molar-refractivity contribution in [3.8, 4) is 0 Å². The smallest absolute Gasteiger partial charge is 0.0276 e. The molecular formula is C13H20. The lowest BCUT2D eigenvalue weighted by Gasteiger charge is -2.14. The Balaban J connectivity index is 3.26. The van der Waals surface area contributed by atoms with Crippen LogP contribution < -0.4 is 0 Å². The molecule has 1 aromatic rings. The summed E-state index contributed by atoms with van der Waals surface area (Å²) in [6, 6.07) is 2.31. The summed E-state index contributed by atoms with van der Waals surface area (Å²) in [5, 5.41) is 0. The maximum absolute atomic E-state index is 2.31. The zero-order valence-electron chi connectivity index (χ0n) is 9.49. The summed E-state index contributed by atoms with van der Waals surface area (Å²) in [6.45, 7) is 11.1. The van der Waals surface area contributed by atoms with Gasteiger partial charge in [0.15, 0.2) is 0 Å². The van der Waals surface area contributed by atoms with Crippen LogP contribution in [0.4, 0.5) is 0 Å². The lowest BCUT2D eigenvalue weighted by Crippen LogP contribution is -1.98. The van der Waals surface area contributed by atoms with E-state index < -0.39 is 0 Å². The normalized spacial score (nSPS) is 10.5. The zero-order chi connectivity index (χ0) is 10.0. The maximum Gasteiger partial charge on any atom is -0.0276 e. The van der Waals surface area contributed by atoms with Gasteiger partial charge in [-0.2, -0.15) is 0 Å². The number of hydrogen-bond donors (Lipinski definition) is 0. The Hall–Kier alpha value is -0.780. The maximum atomic E-state index is 2.31. The summed E-state index contributed by atoms with van der Waals surface area (Å²) in [6.07, 6.45) is 2.46. The number of rotatable bonds is 2. The van der Waals surface area contributed by atoms with Gasteiger partial charge < -0.3 is 0 Å². The molecule has 0 aromatic heterocycles. The van der Waals surface area contributed by atoms with Crippen LogP contribution in [-0.4, -0.2) is 0 Å². The minimum Gasteiger partial charge on any atom is -0.0651 e. The molecule has 0 nitrogen and oxygen atoms in total. The Morgan fingerprint density at radius 2 is 1.54 bits per heavy atom. The Kier molecular flexibility index (Phi) is 3.13. The predicted octanol–water partition coefficient (Wildman–Crippen LogP) is 3.87. The second kappa shape index (κ2) is 3.95. The molecule has 1 rings (SSSR count). The van der Waals surface area contributed by atoms with Crippen LogP contribution in [0.25, 0.3) is 0 Å². The topological polar surface area (TPSA) is 0 Å². The SMILES string of the molecule is CCCc1c(C)cc(C)c(C)c1C. The summed E-state index contributed by atoms with van der Waals surface area (Å²) >= 11 is 0. The highest BCUT2D eigenvalue weighted by molar-refractivity contribution is 5.43. The first-order valence-electron chi connectivity index (χ1n) is 5.14. The minimum absolute atomic E-state index is 1.22. The molecule has 0 saturated heterocycles. The Labute approximate surface area is 82.0 Å². The van der Waals surface area contributed by atoms with Gasteiger partial charge in [-0.1, -0.05) is 19.4 Å². The summed E-state index contributed by atoms with van der Waals surface area (Å²) in [7, 11) is 0. The molecule has 0 atom stereocenters. The van der Waals surface area contributed by atoms with E-state index in [-0.39, 0.29) is 0 Å². The molecule has 1 aromatic carbocycles. The second-order valence-corrected chi connectivity index (χ2v) is 3.99.